The lowest BCUT2D eigenvalue weighted by atomic mass is 9.78. The van der Waals surface area contributed by atoms with Gasteiger partial charge in [0.05, 0.1) is 12.7 Å². The molecule has 4 rings (SSSR count). The monoisotopic (exact) mass is 356 g/mol. The summed E-state index contributed by atoms with van der Waals surface area (Å²) in [6.07, 6.45) is 9.81. The van der Waals surface area contributed by atoms with Crippen LogP contribution in [0.5, 0.6) is 0 Å². The number of nitrogens with zero attached hydrogens (tertiary/aromatic N) is 2. The predicted molar refractivity (Wildman–Crippen MR) is 103 cm³/mol. The van der Waals surface area contributed by atoms with Crippen molar-refractivity contribution in [1.82, 2.24) is 9.80 Å². The second kappa shape index (κ2) is 8.10. The maximum Gasteiger partial charge on any atom is 0.337 e. The zero-order valence-electron chi connectivity index (χ0n) is 16.0. The molecule has 1 saturated carbocycles. The number of methoxy groups -OCH3 is 1. The Balaban J connectivity index is 1.50. The van der Waals surface area contributed by atoms with E-state index in [0.29, 0.717) is 11.6 Å². The first-order valence-corrected chi connectivity index (χ1v) is 10.4. The number of esters is 1. The Morgan fingerprint density at radius 1 is 1.00 bits per heavy atom. The highest BCUT2D eigenvalue weighted by Crippen LogP contribution is 2.38. The summed E-state index contributed by atoms with van der Waals surface area (Å²) in [6, 6.07) is 9.50. The van der Waals surface area contributed by atoms with E-state index >= 15 is 0 Å². The molecule has 26 heavy (non-hydrogen) atoms. The lowest BCUT2D eigenvalue weighted by Crippen LogP contribution is -2.59. The molecular formula is C22H32N2O2. The topological polar surface area (TPSA) is 32.8 Å². The molecule has 4 heteroatoms. The van der Waals surface area contributed by atoms with Crippen molar-refractivity contribution in [2.24, 2.45) is 5.92 Å². The molecule has 3 fully saturated rings. The van der Waals surface area contributed by atoms with Crippen LogP contribution in [0.1, 0.15) is 60.9 Å². The number of ether oxygens (including phenoxy) is 1. The van der Waals surface area contributed by atoms with E-state index in [1.165, 1.54) is 77.3 Å². The third-order valence-corrected chi connectivity index (χ3v) is 6.80. The third-order valence-electron chi connectivity index (χ3n) is 6.80. The predicted octanol–water partition coefficient (Wildman–Crippen LogP) is 3.70. The van der Waals surface area contributed by atoms with Crippen LogP contribution in [0, 0.1) is 5.92 Å². The SMILES string of the molecule is COC(=O)c1ccc(CN2CCN3CCC[C@H]3[C@@H]2C2CCCCC2)cc1. The fourth-order valence-corrected chi connectivity index (χ4v) is 5.54. The number of carbonyl (C=O) groups is 1. The van der Waals surface area contributed by atoms with Crippen LogP contribution in [-0.2, 0) is 11.3 Å². The number of rotatable bonds is 4. The van der Waals surface area contributed by atoms with E-state index in [1.807, 2.05) is 12.1 Å². The van der Waals surface area contributed by atoms with Crippen molar-refractivity contribution in [3.05, 3.63) is 35.4 Å². The molecule has 1 aromatic carbocycles. The summed E-state index contributed by atoms with van der Waals surface area (Å²) in [5.74, 6) is 0.611. The summed E-state index contributed by atoms with van der Waals surface area (Å²) in [7, 11) is 1.44. The molecule has 0 amide bonds. The Kier molecular flexibility index (Phi) is 5.60. The molecule has 0 aromatic heterocycles. The second-order valence-corrected chi connectivity index (χ2v) is 8.29. The van der Waals surface area contributed by atoms with E-state index in [9.17, 15) is 4.79 Å². The van der Waals surface area contributed by atoms with E-state index in [2.05, 4.69) is 21.9 Å². The van der Waals surface area contributed by atoms with Crippen molar-refractivity contribution < 1.29 is 9.53 Å². The fraction of sp³-hybridized carbons (Fsp3) is 0.682. The van der Waals surface area contributed by atoms with Gasteiger partial charge in [-0.1, -0.05) is 31.4 Å². The third kappa shape index (κ3) is 3.67. The molecular weight excluding hydrogens is 324 g/mol. The minimum Gasteiger partial charge on any atom is -0.465 e. The molecule has 1 aliphatic carbocycles. The molecule has 2 heterocycles. The summed E-state index contributed by atoms with van der Waals surface area (Å²) in [4.78, 5) is 17.2. The summed E-state index contributed by atoms with van der Waals surface area (Å²) in [5.41, 5.74) is 1.95. The normalized spacial score (nSPS) is 28.0. The van der Waals surface area contributed by atoms with E-state index < -0.39 is 0 Å². The second-order valence-electron chi connectivity index (χ2n) is 8.29. The molecule has 1 aromatic rings. The van der Waals surface area contributed by atoms with Gasteiger partial charge in [-0.25, -0.2) is 4.79 Å². The van der Waals surface area contributed by atoms with Crippen LogP contribution in [0.2, 0.25) is 0 Å². The standard InChI is InChI=1S/C22H32N2O2/c1-26-22(25)19-11-9-17(10-12-19)16-24-15-14-23-13-5-8-20(23)21(24)18-6-3-2-4-7-18/h9-12,18,20-21H,2-8,13-16H2,1H3/t20-,21-/m0/s1. The molecule has 0 N–H and O–H groups in total. The Morgan fingerprint density at radius 2 is 1.77 bits per heavy atom. The number of carbonyl (C=O) groups excluding carboxylic acids is 1. The molecule has 2 aliphatic heterocycles. The average Bonchev–Trinajstić information content (AvgIpc) is 3.17. The molecule has 2 saturated heterocycles. The zero-order valence-corrected chi connectivity index (χ0v) is 16.0. The first-order chi connectivity index (χ1) is 12.8. The van der Waals surface area contributed by atoms with Gasteiger partial charge in [-0.2, -0.15) is 0 Å². The van der Waals surface area contributed by atoms with E-state index in [-0.39, 0.29) is 5.97 Å². The van der Waals surface area contributed by atoms with Crippen LogP contribution < -0.4 is 0 Å². The average molecular weight is 357 g/mol. The number of hydrogen-bond donors (Lipinski definition) is 0. The number of fused-ring (bicyclic) bond motifs is 1. The lowest BCUT2D eigenvalue weighted by molar-refractivity contribution is -0.00380. The van der Waals surface area contributed by atoms with Crippen molar-refractivity contribution in [2.45, 2.75) is 63.6 Å². The van der Waals surface area contributed by atoms with Gasteiger partial charge in [-0.15, -0.1) is 0 Å². The number of hydrogen-bond acceptors (Lipinski definition) is 4. The van der Waals surface area contributed by atoms with Gasteiger partial charge in [0.15, 0.2) is 0 Å². The van der Waals surface area contributed by atoms with Gasteiger partial charge in [0.2, 0.25) is 0 Å². The Bertz CT molecular complexity index is 609. The van der Waals surface area contributed by atoms with Gasteiger partial charge in [0, 0.05) is 31.7 Å². The van der Waals surface area contributed by atoms with Crippen LogP contribution in [0.15, 0.2) is 24.3 Å². The van der Waals surface area contributed by atoms with Gasteiger partial charge in [-0.3, -0.25) is 9.80 Å². The molecule has 0 spiro atoms. The van der Waals surface area contributed by atoms with Crippen molar-refractivity contribution in [3.63, 3.8) is 0 Å². The maximum atomic E-state index is 11.7. The number of piperazine rings is 1. The Morgan fingerprint density at radius 3 is 2.50 bits per heavy atom. The molecule has 3 aliphatic rings. The lowest BCUT2D eigenvalue weighted by Gasteiger charge is -2.49. The Hall–Kier alpha value is -1.39. The first-order valence-electron chi connectivity index (χ1n) is 10.4. The van der Waals surface area contributed by atoms with Crippen molar-refractivity contribution >= 4 is 5.97 Å². The van der Waals surface area contributed by atoms with Gasteiger partial charge in [0.25, 0.3) is 0 Å². The van der Waals surface area contributed by atoms with Crippen LogP contribution in [0.3, 0.4) is 0 Å². The van der Waals surface area contributed by atoms with Gasteiger partial charge in [0.1, 0.15) is 0 Å². The first kappa shape index (κ1) is 18.0. The summed E-state index contributed by atoms with van der Waals surface area (Å²) in [6.45, 7) is 4.70. The van der Waals surface area contributed by atoms with Crippen LogP contribution in [-0.4, -0.2) is 54.6 Å². The van der Waals surface area contributed by atoms with Crippen molar-refractivity contribution in [1.29, 1.82) is 0 Å². The number of benzene rings is 1. The van der Waals surface area contributed by atoms with Gasteiger partial charge < -0.3 is 4.74 Å². The summed E-state index contributed by atoms with van der Waals surface area (Å²) < 4.78 is 4.81. The summed E-state index contributed by atoms with van der Waals surface area (Å²) in [5, 5.41) is 0. The molecule has 0 bridgehead atoms. The Labute approximate surface area is 157 Å². The van der Waals surface area contributed by atoms with Crippen LogP contribution >= 0.6 is 0 Å². The summed E-state index contributed by atoms with van der Waals surface area (Å²) >= 11 is 0. The zero-order chi connectivity index (χ0) is 17.9. The van der Waals surface area contributed by atoms with E-state index in [0.717, 1.165) is 18.5 Å². The highest BCUT2D eigenvalue weighted by atomic mass is 16.5. The van der Waals surface area contributed by atoms with E-state index in [4.69, 9.17) is 4.74 Å². The molecule has 0 radical (unpaired) electrons. The van der Waals surface area contributed by atoms with Gasteiger partial charge in [-0.05, 0) is 55.8 Å². The highest BCUT2D eigenvalue weighted by molar-refractivity contribution is 5.89. The minimum atomic E-state index is -0.254. The van der Waals surface area contributed by atoms with Crippen molar-refractivity contribution in [2.75, 3.05) is 26.7 Å². The fourth-order valence-electron chi connectivity index (χ4n) is 5.54. The van der Waals surface area contributed by atoms with Crippen LogP contribution in [0.4, 0.5) is 0 Å². The molecule has 142 valence electrons. The van der Waals surface area contributed by atoms with E-state index in [1.54, 1.807) is 0 Å². The van der Waals surface area contributed by atoms with Gasteiger partial charge >= 0.3 is 5.97 Å². The molecule has 4 nitrogen and oxygen atoms in total. The molecule has 0 unspecified atom stereocenters. The smallest absolute Gasteiger partial charge is 0.337 e. The van der Waals surface area contributed by atoms with Crippen molar-refractivity contribution in [3.8, 4) is 0 Å². The van der Waals surface area contributed by atoms with Crippen LogP contribution in [0.25, 0.3) is 0 Å². The molecule has 2 atom stereocenters. The minimum absolute atomic E-state index is 0.254. The largest absolute Gasteiger partial charge is 0.465 e. The highest BCUT2D eigenvalue weighted by Gasteiger charge is 2.42. The quantitative estimate of drug-likeness (QED) is 0.770. The maximum absolute atomic E-state index is 11.7.